The Bertz CT molecular complexity index is 803. The Morgan fingerprint density at radius 3 is 2.37 bits per heavy atom. The van der Waals surface area contributed by atoms with Crippen LogP contribution in [0.5, 0.6) is 0 Å². The molecule has 0 aromatic carbocycles. The fraction of sp³-hybridized carbons (Fsp3) is 0.727. The second-order valence-corrected chi connectivity index (χ2v) is 11.3. The van der Waals surface area contributed by atoms with Crippen molar-refractivity contribution in [3.05, 3.63) is 30.1 Å². The van der Waals surface area contributed by atoms with E-state index in [0.717, 1.165) is 64.1 Å². The molecule has 3 fully saturated rings. The molecule has 1 aromatic rings. The molecule has 1 saturated carbocycles. The van der Waals surface area contributed by atoms with Crippen LogP contribution in [0.3, 0.4) is 0 Å². The lowest BCUT2D eigenvalue weighted by molar-refractivity contribution is -0.138. The van der Waals surface area contributed by atoms with E-state index in [1.54, 1.807) is 0 Å². The number of piperazine rings is 1. The summed E-state index contributed by atoms with van der Waals surface area (Å²) < 4.78 is 24.1. The predicted molar refractivity (Wildman–Crippen MR) is 117 cm³/mol. The number of sulfone groups is 1. The number of nitrogens with zero attached hydrogens (tertiary/aromatic N) is 4. The minimum atomic E-state index is -3.00. The van der Waals surface area contributed by atoms with E-state index in [0.29, 0.717) is 13.0 Å². The van der Waals surface area contributed by atoms with E-state index in [1.807, 2.05) is 29.3 Å². The number of amides is 1. The van der Waals surface area contributed by atoms with Crippen LogP contribution in [0.2, 0.25) is 0 Å². The van der Waals surface area contributed by atoms with Crippen molar-refractivity contribution in [3.63, 3.8) is 0 Å². The number of hydrogen-bond donors (Lipinski definition) is 0. The first-order valence-corrected chi connectivity index (χ1v) is 13.2. The third-order valence-corrected chi connectivity index (χ3v) is 8.54. The van der Waals surface area contributed by atoms with E-state index < -0.39 is 9.84 Å². The molecule has 0 bridgehead atoms. The van der Waals surface area contributed by atoms with Crippen molar-refractivity contribution in [2.24, 2.45) is 0 Å². The number of carbonyl (C=O) groups is 1. The molecule has 1 unspecified atom stereocenters. The number of pyridine rings is 1. The van der Waals surface area contributed by atoms with Gasteiger partial charge in [-0.25, -0.2) is 8.42 Å². The van der Waals surface area contributed by atoms with Crippen molar-refractivity contribution < 1.29 is 13.2 Å². The first-order valence-electron chi connectivity index (χ1n) is 11.4. The van der Waals surface area contributed by atoms with Crippen molar-refractivity contribution in [2.75, 3.05) is 44.2 Å². The summed E-state index contributed by atoms with van der Waals surface area (Å²) in [6.07, 6.45) is 7.95. The molecule has 1 aliphatic carbocycles. The molecular weight excluding hydrogens is 400 g/mol. The van der Waals surface area contributed by atoms with Gasteiger partial charge < -0.3 is 4.90 Å². The lowest BCUT2D eigenvalue weighted by Gasteiger charge is -2.40. The average Bonchev–Trinajstić information content (AvgIpc) is 3.10. The van der Waals surface area contributed by atoms with Crippen LogP contribution in [-0.2, 0) is 21.2 Å². The minimum Gasteiger partial charge on any atom is -0.335 e. The van der Waals surface area contributed by atoms with Crippen molar-refractivity contribution in [1.29, 1.82) is 0 Å². The Morgan fingerprint density at radius 1 is 1.00 bits per heavy atom. The summed E-state index contributed by atoms with van der Waals surface area (Å²) >= 11 is 0. The monoisotopic (exact) mass is 434 g/mol. The SMILES string of the molecule is O=C(CN1CCN(Cc2ccccn2)CC1)N(C1CCCCC1)C1CCS(=O)(=O)C1. The van der Waals surface area contributed by atoms with E-state index in [4.69, 9.17) is 0 Å². The summed E-state index contributed by atoms with van der Waals surface area (Å²) in [4.78, 5) is 24.4. The molecule has 7 nitrogen and oxygen atoms in total. The Morgan fingerprint density at radius 2 is 1.73 bits per heavy atom. The van der Waals surface area contributed by atoms with E-state index in [9.17, 15) is 13.2 Å². The van der Waals surface area contributed by atoms with Crippen molar-refractivity contribution >= 4 is 15.7 Å². The molecule has 4 rings (SSSR count). The van der Waals surface area contributed by atoms with Gasteiger partial charge in [0.25, 0.3) is 0 Å². The topological polar surface area (TPSA) is 73.8 Å². The van der Waals surface area contributed by atoms with Gasteiger partial charge in [-0.3, -0.25) is 19.6 Å². The normalized spacial score (nSPS) is 25.9. The van der Waals surface area contributed by atoms with Gasteiger partial charge in [-0.05, 0) is 31.4 Å². The van der Waals surface area contributed by atoms with Crippen LogP contribution in [0.1, 0.15) is 44.2 Å². The van der Waals surface area contributed by atoms with E-state index >= 15 is 0 Å². The molecule has 8 heteroatoms. The molecule has 2 aliphatic heterocycles. The third-order valence-electron chi connectivity index (χ3n) is 6.79. The zero-order chi connectivity index (χ0) is 21.0. The van der Waals surface area contributed by atoms with Gasteiger partial charge in [0, 0.05) is 51.0 Å². The Hall–Kier alpha value is -1.51. The van der Waals surface area contributed by atoms with E-state index in [2.05, 4.69) is 14.8 Å². The maximum atomic E-state index is 13.3. The first-order chi connectivity index (χ1) is 14.5. The molecule has 1 atom stereocenters. The van der Waals surface area contributed by atoms with Gasteiger partial charge in [-0.1, -0.05) is 25.3 Å². The lowest BCUT2D eigenvalue weighted by atomic mass is 9.92. The quantitative estimate of drug-likeness (QED) is 0.676. The molecule has 0 spiro atoms. The Kier molecular flexibility index (Phi) is 7.05. The van der Waals surface area contributed by atoms with Crippen molar-refractivity contribution in [3.8, 4) is 0 Å². The fourth-order valence-electron chi connectivity index (χ4n) is 5.16. The summed E-state index contributed by atoms with van der Waals surface area (Å²) in [5, 5.41) is 0. The number of carbonyl (C=O) groups excluding carboxylic acids is 1. The Labute approximate surface area is 180 Å². The van der Waals surface area contributed by atoms with Crippen LogP contribution in [0.25, 0.3) is 0 Å². The summed E-state index contributed by atoms with van der Waals surface area (Å²) in [6, 6.07) is 6.08. The summed E-state index contributed by atoms with van der Waals surface area (Å²) in [6.45, 7) is 4.82. The second-order valence-electron chi connectivity index (χ2n) is 9.02. The smallest absolute Gasteiger partial charge is 0.237 e. The van der Waals surface area contributed by atoms with Crippen LogP contribution >= 0.6 is 0 Å². The largest absolute Gasteiger partial charge is 0.335 e. The minimum absolute atomic E-state index is 0.127. The molecule has 166 valence electrons. The van der Waals surface area contributed by atoms with Gasteiger partial charge in [0.2, 0.25) is 5.91 Å². The van der Waals surface area contributed by atoms with Gasteiger partial charge in [0.1, 0.15) is 0 Å². The summed E-state index contributed by atoms with van der Waals surface area (Å²) in [5.74, 6) is 0.496. The van der Waals surface area contributed by atoms with Crippen molar-refractivity contribution in [1.82, 2.24) is 19.7 Å². The maximum Gasteiger partial charge on any atom is 0.237 e. The molecule has 30 heavy (non-hydrogen) atoms. The molecule has 2 saturated heterocycles. The Balaban J connectivity index is 1.33. The highest BCUT2D eigenvalue weighted by Crippen LogP contribution is 2.28. The molecule has 1 amide bonds. The number of aromatic nitrogens is 1. The van der Waals surface area contributed by atoms with Crippen LogP contribution in [-0.4, -0.2) is 90.3 Å². The first kappa shape index (κ1) is 21.7. The highest BCUT2D eigenvalue weighted by atomic mass is 32.2. The molecule has 3 heterocycles. The average molecular weight is 435 g/mol. The van der Waals surface area contributed by atoms with Gasteiger partial charge in [0.15, 0.2) is 9.84 Å². The van der Waals surface area contributed by atoms with Crippen LogP contribution < -0.4 is 0 Å². The highest BCUT2D eigenvalue weighted by Gasteiger charge is 2.39. The summed E-state index contributed by atoms with van der Waals surface area (Å²) in [7, 11) is -3.00. The van der Waals surface area contributed by atoms with E-state index in [1.165, 1.54) is 6.42 Å². The molecule has 3 aliphatic rings. The molecule has 0 radical (unpaired) electrons. The number of hydrogen-bond acceptors (Lipinski definition) is 6. The molecular formula is C22H34N4O3S. The standard InChI is InChI=1S/C22H34N4O3S/c27-22(17-25-13-11-24(12-14-25)16-19-6-4-5-10-23-19)26(20-7-2-1-3-8-20)21-9-15-30(28,29)18-21/h4-6,10,20-21H,1-3,7-9,11-18H2. The zero-order valence-electron chi connectivity index (χ0n) is 17.8. The van der Waals surface area contributed by atoms with Gasteiger partial charge in [-0.15, -0.1) is 0 Å². The van der Waals surface area contributed by atoms with Crippen LogP contribution in [0.15, 0.2) is 24.4 Å². The van der Waals surface area contributed by atoms with Crippen LogP contribution in [0.4, 0.5) is 0 Å². The lowest BCUT2D eigenvalue weighted by Crippen LogP contribution is -2.54. The predicted octanol–water partition coefficient (Wildman–Crippen LogP) is 1.55. The number of rotatable bonds is 6. The van der Waals surface area contributed by atoms with Crippen LogP contribution in [0, 0.1) is 0 Å². The zero-order valence-corrected chi connectivity index (χ0v) is 18.6. The van der Waals surface area contributed by atoms with Gasteiger partial charge >= 0.3 is 0 Å². The fourth-order valence-corrected chi connectivity index (χ4v) is 6.87. The van der Waals surface area contributed by atoms with Gasteiger partial charge in [-0.2, -0.15) is 0 Å². The molecule has 0 N–H and O–H groups in total. The van der Waals surface area contributed by atoms with Gasteiger partial charge in [0.05, 0.1) is 23.7 Å². The highest BCUT2D eigenvalue weighted by molar-refractivity contribution is 7.91. The molecule has 1 aromatic heterocycles. The van der Waals surface area contributed by atoms with E-state index in [-0.39, 0.29) is 29.5 Å². The third kappa shape index (κ3) is 5.59. The summed E-state index contributed by atoms with van der Waals surface area (Å²) in [5.41, 5.74) is 1.08. The van der Waals surface area contributed by atoms with Crippen molar-refractivity contribution in [2.45, 2.75) is 57.2 Å². The second kappa shape index (κ2) is 9.75. The maximum absolute atomic E-state index is 13.3.